The molecule has 7 heteroatoms. The normalized spacial score (nSPS) is 32.0. The lowest BCUT2D eigenvalue weighted by Gasteiger charge is -2.36. The van der Waals surface area contributed by atoms with E-state index in [0.29, 0.717) is 18.6 Å². The monoisotopic (exact) mass is 376 g/mol. The van der Waals surface area contributed by atoms with Gasteiger partial charge in [0.1, 0.15) is 11.9 Å². The summed E-state index contributed by atoms with van der Waals surface area (Å²) in [6.07, 6.45) is 6.80. The molecule has 3 fully saturated rings. The average molecular weight is 377 g/mol. The van der Waals surface area contributed by atoms with Crippen molar-refractivity contribution in [2.75, 3.05) is 43.1 Å². The van der Waals surface area contributed by atoms with Crippen LogP contribution in [0.2, 0.25) is 0 Å². The van der Waals surface area contributed by atoms with Gasteiger partial charge in [-0.1, -0.05) is 13.8 Å². The first-order valence-corrected chi connectivity index (χ1v) is 10.4. The minimum Gasteiger partial charge on any atom is -0.376 e. The number of rotatable bonds is 5. The highest BCUT2D eigenvalue weighted by atomic mass is 16.5. The summed E-state index contributed by atoms with van der Waals surface area (Å²) in [4.78, 5) is 11.5. The van der Waals surface area contributed by atoms with E-state index in [-0.39, 0.29) is 18.3 Å². The molecule has 0 amide bonds. The minimum absolute atomic E-state index is 0.110. The number of nitrogens with one attached hydrogen (secondary N) is 1. The van der Waals surface area contributed by atoms with Gasteiger partial charge in [-0.3, -0.25) is 0 Å². The molecule has 1 aromatic rings. The molecule has 4 heterocycles. The summed E-state index contributed by atoms with van der Waals surface area (Å²) in [7, 11) is 0. The van der Waals surface area contributed by atoms with Crippen molar-refractivity contribution in [2.24, 2.45) is 5.92 Å². The largest absolute Gasteiger partial charge is 0.376 e. The van der Waals surface area contributed by atoms with Crippen LogP contribution in [0.25, 0.3) is 0 Å². The SMILES string of the molecule is CC(C)[C@@H]1OCCC[C@@H]1Nc1ccnc(N2CCO[C@@H]([C@H]3CCCO3)C2)n1. The molecule has 3 aliphatic rings. The molecule has 3 aliphatic heterocycles. The standard InChI is InChI=1S/C20H32N4O3/c1-14(2)19-15(5-3-11-27-19)22-18-7-8-21-20(23-18)24-9-12-26-17(13-24)16-6-4-10-25-16/h7-8,14-17,19H,3-6,9-13H2,1-2H3,(H,21,22,23)/t15-,16+,17+,19-/m0/s1. The molecule has 1 aromatic heterocycles. The predicted molar refractivity (Wildman–Crippen MR) is 104 cm³/mol. The molecule has 1 N–H and O–H groups in total. The molecule has 27 heavy (non-hydrogen) atoms. The van der Waals surface area contributed by atoms with Crippen molar-refractivity contribution in [3.8, 4) is 0 Å². The third kappa shape index (κ3) is 4.52. The highest BCUT2D eigenvalue weighted by Gasteiger charge is 2.32. The summed E-state index contributed by atoms with van der Waals surface area (Å²) in [6.45, 7) is 8.43. The maximum absolute atomic E-state index is 6.00. The molecule has 0 unspecified atom stereocenters. The summed E-state index contributed by atoms with van der Waals surface area (Å²) in [6, 6.07) is 2.25. The van der Waals surface area contributed by atoms with Crippen LogP contribution < -0.4 is 10.2 Å². The molecular formula is C20H32N4O3. The smallest absolute Gasteiger partial charge is 0.227 e. The number of nitrogens with zero attached hydrogens (tertiary/aromatic N) is 3. The summed E-state index contributed by atoms with van der Waals surface area (Å²) in [5.74, 6) is 2.13. The molecule has 0 aliphatic carbocycles. The van der Waals surface area contributed by atoms with Crippen LogP contribution >= 0.6 is 0 Å². The van der Waals surface area contributed by atoms with E-state index in [4.69, 9.17) is 19.2 Å². The predicted octanol–water partition coefficient (Wildman–Crippen LogP) is 2.48. The van der Waals surface area contributed by atoms with Crippen LogP contribution in [0.4, 0.5) is 11.8 Å². The van der Waals surface area contributed by atoms with Gasteiger partial charge in [0.05, 0.1) is 24.9 Å². The topological polar surface area (TPSA) is 68.7 Å². The molecule has 3 saturated heterocycles. The van der Waals surface area contributed by atoms with Gasteiger partial charge in [0.25, 0.3) is 0 Å². The fourth-order valence-corrected chi connectivity index (χ4v) is 4.36. The van der Waals surface area contributed by atoms with Gasteiger partial charge < -0.3 is 24.4 Å². The zero-order valence-electron chi connectivity index (χ0n) is 16.5. The number of hydrogen-bond acceptors (Lipinski definition) is 7. The van der Waals surface area contributed by atoms with E-state index in [1.165, 1.54) is 0 Å². The van der Waals surface area contributed by atoms with Gasteiger partial charge in [-0.2, -0.15) is 4.98 Å². The number of morpholine rings is 1. The van der Waals surface area contributed by atoms with Crippen molar-refractivity contribution in [3.05, 3.63) is 12.3 Å². The first-order valence-electron chi connectivity index (χ1n) is 10.4. The highest BCUT2D eigenvalue weighted by Crippen LogP contribution is 2.25. The maximum Gasteiger partial charge on any atom is 0.227 e. The van der Waals surface area contributed by atoms with Gasteiger partial charge in [0.2, 0.25) is 5.95 Å². The fourth-order valence-electron chi connectivity index (χ4n) is 4.36. The van der Waals surface area contributed by atoms with Gasteiger partial charge in [-0.15, -0.1) is 0 Å². The molecule has 4 rings (SSSR count). The zero-order valence-corrected chi connectivity index (χ0v) is 16.5. The zero-order chi connectivity index (χ0) is 18.6. The van der Waals surface area contributed by atoms with E-state index in [0.717, 1.165) is 63.8 Å². The summed E-state index contributed by atoms with van der Waals surface area (Å²) in [5, 5.41) is 3.60. The molecule has 150 valence electrons. The first-order chi connectivity index (χ1) is 13.2. The molecule has 0 saturated carbocycles. The van der Waals surface area contributed by atoms with Crippen LogP contribution in [0.15, 0.2) is 12.3 Å². The van der Waals surface area contributed by atoms with Crippen LogP contribution in [0.5, 0.6) is 0 Å². The Balaban J connectivity index is 1.42. The van der Waals surface area contributed by atoms with Crippen molar-refractivity contribution < 1.29 is 14.2 Å². The maximum atomic E-state index is 6.00. The lowest BCUT2D eigenvalue weighted by Crippen LogP contribution is -2.48. The Morgan fingerprint density at radius 1 is 1.07 bits per heavy atom. The lowest BCUT2D eigenvalue weighted by atomic mass is 9.94. The fraction of sp³-hybridized carbons (Fsp3) is 0.800. The number of ether oxygens (including phenoxy) is 3. The van der Waals surface area contributed by atoms with E-state index in [1.54, 1.807) is 0 Å². The third-order valence-corrected chi connectivity index (χ3v) is 5.76. The third-order valence-electron chi connectivity index (χ3n) is 5.76. The Hall–Kier alpha value is -1.44. The Morgan fingerprint density at radius 2 is 1.89 bits per heavy atom. The van der Waals surface area contributed by atoms with Crippen molar-refractivity contribution in [1.29, 1.82) is 0 Å². The van der Waals surface area contributed by atoms with E-state index >= 15 is 0 Å². The van der Waals surface area contributed by atoms with Crippen molar-refractivity contribution >= 4 is 11.8 Å². The van der Waals surface area contributed by atoms with E-state index in [9.17, 15) is 0 Å². The van der Waals surface area contributed by atoms with Gasteiger partial charge in [0.15, 0.2) is 0 Å². The molecule has 0 radical (unpaired) electrons. The Labute approximate surface area is 161 Å². The van der Waals surface area contributed by atoms with Crippen LogP contribution in [0, 0.1) is 5.92 Å². The van der Waals surface area contributed by atoms with Gasteiger partial charge in [0, 0.05) is 32.5 Å². The van der Waals surface area contributed by atoms with Gasteiger partial charge in [-0.05, 0) is 37.7 Å². The number of hydrogen-bond donors (Lipinski definition) is 1. The highest BCUT2D eigenvalue weighted by molar-refractivity contribution is 5.42. The molecule has 0 spiro atoms. The second kappa shape index (κ2) is 8.71. The second-order valence-corrected chi connectivity index (χ2v) is 8.12. The molecular weight excluding hydrogens is 344 g/mol. The first kappa shape index (κ1) is 18.9. The molecule has 4 atom stereocenters. The van der Waals surface area contributed by atoms with E-state index in [1.807, 2.05) is 12.3 Å². The quantitative estimate of drug-likeness (QED) is 0.847. The Morgan fingerprint density at radius 3 is 2.70 bits per heavy atom. The van der Waals surface area contributed by atoms with Crippen LogP contribution in [-0.4, -0.2) is 67.2 Å². The van der Waals surface area contributed by atoms with Crippen LogP contribution in [0.1, 0.15) is 39.5 Å². The Bertz CT molecular complexity index is 609. The van der Waals surface area contributed by atoms with E-state index < -0.39 is 0 Å². The summed E-state index contributed by atoms with van der Waals surface area (Å²) >= 11 is 0. The summed E-state index contributed by atoms with van der Waals surface area (Å²) < 4.78 is 17.8. The average Bonchev–Trinajstić information content (AvgIpc) is 3.23. The van der Waals surface area contributed by atoms with Crippen molar-refractivity contribution in [3.63, 3.8) is 0 Å². The molecule has 0 aromatic carbocycles. The van der Waals surface area contributed by atoms with Crippen molar-refractivity contribution in [1.82, 2.24) is 9.97 Å². The lowest BCUT2D eigenvalue weighted by molar-refractivity contribution is -0.0545. The Kier molecular flexibility index (Phi) is 6.10. The number of anilines is 2. The van der Waals surface area contributed by atoms with Crippen molar-refractivity contribution in [2.45, 2.75) is 63.9 Å². The molecule has 0 bridgehead atoms. The van der Waals surface area contributed by atoms with Crippen LogP contribution in [0.3, 0.4) is 0 Å². The second-order valence-electron chi connectivity index (χ2n) is 8.12. The minimum atomic E-state index is 0.110. The summed E-state index contributed by atoms with van der Waals surface area (Å²) in [5.41, 5.74) is 0. The molecule has 7 nitrogen and oxygen atoms in total. The van der Waals surface area contributed by atoms with Gasteiger partial charge >= 0.3 is 0 Å². The number of aromatic nitrogens is 2. The van der Waals surface area contributed by atoms with E-state index in [2.05, 4.69) is 29.0 Å². The van der Waals surface area contributed by atoms with Gasteiger partial charge in [-0.25, -0.2) is 4.98 Å². The van der Waals surface area contributed by atoms with Crippen LogP contribution in [-0.2, 0) is 14.2 Å².